The summed E-state index contributed by atoms with van der Waals surface area (Å²) in [5, 5.41) is 8.80. The molecule has 0 spiro atoms. The maximum absolute atomic E-state index is 13.0. The monoisotopic (exact) mass is 434 g/mol. The molecular weight excluding hydrogens is 421 g/mol. The van der Waals surface area contributed by atoms with Crippen molar-refractivity contribution in [2.75, 3.05) is 0 Å². The number of aliphatic carboxylic acids is 1. The number of esters is 1. The minimum absolute atomic E-state index is 0.0305. The number of hydrogen-bond donors (Lipinski definition) is 1. The van der Waals surface area contributed by atoms with Crippen LogP contribution in [0.1, 0.15) is 29.4 Å². The Hall–Kier alpha value is -3.08. The molecule has 2 rings (SSSR count). The average Bonchev–Trinajstić information content (AvgIpc) is 2.62. The zero-order chi connectivity index (χ0) is 22.1. The summed E-state index contributed by atoms with van der Waals surface area (Å²) >= 11 is 5.91. The van der Waals surface area contributed by atoms with Crippen molar-refractivity contribution in [3.8, 4) is 5.69 Å². The van der Waals surface area contributed by atoms with Crippen LogP contribution in [-0.2, 0) is 22.8 Å². The molecule has 0 bridgehead atoms. The normalized spacial score (nSPS) is 12.5. The molecule has 8 nitrogen and oxygen atoms in total. The van der Waals surface area contributed by atoms with Gasteiger partial charge in [0.1, 0.15) is 5.69 Å². The van der Waals surface area contributed by atoms with Crippen LogP contribution in [0.3, 0.4) is 0 Å². The first-order valence-electron chi connectivity index (χ1n) is 8.02. The van der Waals surface area contributed by atoms with Gasteiger partial charge in [0.15, 0.2) is 6.10 Å². The van der Waals surface area contributed by atoms with Gasteiger partial charge in [-0.15, -0.1) is 0 Å². The topological polar surface area (TPSA) is 108 Å². The van der Waals surface area contributed by atoms with E-state index in [9.17, 15) is 32.3 Å². The highest BCUT2D eigenvalue weighted by Gasteiger charge is 2.35. The fourth-order valence-corrected chi connectivity index (χ4v) is 2.64. The lowest BCUT2D eigenvalue weighted by molar-refractivity contribution is -0.147. The van der Waals surface area contributed by atoms with Gasteiger partial charge in [0.25, 0.3) is 5.56 Å². The van der Waals surface area contributed by atoms with Crippen LogP contribution >= 0.6 is 11.6 Å². The third kappa shape index (κ3) is 4.50. The van der Waals surface area contributed by atoms with Crippen LogP contribution in [0.15, 0.2) is 33.9 Å². The van der Waals surface area contributed by atoms with Crippen LogP contribution < -0.4 is 11.2 Å². The van der Waals surface area contributed by atoms with Gasteiger partial charge < -0.3 is 9.84 Å². The second kappa shape index (κ2) is 8.11. The standard InChI is InChI=1S/C17H14ClF3N2O6/c1-3-11(14(25)26)29-15(27)9-6-8(4-5-10(9)18)23-13(24)7-12(17(19,20)21)22(2)16(23)28/h4-7,11H,3H2,1-2H3,(H,25,26)/t11-/m0/s1. The number of benzene rings is 1. The van der Waals surface area contributed by atoms with Crippen molar-refractivity contribution in [2.45, 2.75) is 25.6 Å². The Kier molecular flexibility index (Phi) is 6.21. The molecule has 1 atom stereocenters. The molecule has 0 unspecified atom stereocenters. The molecule has 1 N–H and O–H groups in total. The number of carbonyl (C=O) groups is 2. The molecule has 0 saturated carbocycles. The molecule has 0 saturated heterocycles. The van der Waals surface area contributed by atoms with Crippen LogP contribution in [0.5, 0.6) is 0 Å². The maximum Gasteiger partial charge on any atom is 0.431 e. The Labute approximate surface area is 165 Å². The van der Waals surface area contributed by atoms with Crippen LogP contribution in [0.2, 0.25) is 5.02 Å². The highest BCUT2D eigenvalue weighted by molar-refractivity contribution is 6.33. The van der Waals surface area contributed by atoms with E-state index in [0.717, 1.165) is 25.2 Å². The van der Waals surface area contributed by atoms with Crippen molar-refractivity contribution in [1.29, 1.82) is 0 Å². The van der Waals surface area contributed by atoms with E-state index < -0.39 is 41.2 Å². The van der Waals surface area contributed by atoms with Gasteiger partial charge in [-0.3, -0.25) is 9.36 Å². The highest BCUT2D eigenvalue weighted by Crippen LogP contribution is 2.27. The van der Waals surface area contributed by atoms with Gasteiger partial charge in [-0.05, 0) is 24.6 Å². The Morgan fingerprint density at radius 2 is 1.86 bits per heavy atom. The molecule has 0 aliphatic rings. The lowest BCUT2D eigenvalue weighted by Crippen LogP contribution is -2.40. The lowest BCUT2D eigenvalue weighted by Gasteiger charge is -2.15. The maximum atomic E-state index is 13.0. The van der Waals surface area contributed by atoms with Gasteiger partial charge in [-0.1, -0.05) is 18.5 Å². The van der Waals surface area contributed by atoms with Crippen molar-refractivity contribution in [3.63, 3.8) is 0 Å². The summed E-state index contributed by atoms with van der Waals surface area (Å²) in [6.45, 7) is 1.47. The molecule has 0 aliphatic heterocycles. The molecule has 0 aliphatic carbocycles. The number of carboxylic acid groups (broad SMARTS) is 1. The second-order valence-electron chi connectivity index (χ2n) is 5.85. The molecule has 12 heteroatoms. The van der Waals surface area contributed by atoms with Gasteiger partial charge in [-0.2, -0.15) is 13.2 Å². The smallest absolute Gasteiger partial charge is 0.431 e. The summed E-state index contributed by atoms with van der Waals surface area (Å²) in [5.74, 6) is -2.52. The molecule has 0 fully saturated rings. The number of halogens is 4. The first-order chi connectivity index (χ1) is 13.4. The number of carboxylic acids is 1. The van der Waals surface area contributed by atoms with E-state index in [2.05, 4.69) is 0 Å². The van der Waals surface area contributed by atoms with Crippen LogP contribution in [0, 0.1) is 0 Å². The summed E-state index contributed by atoms with van der Waals surface area (Å²) in [6.07, 6.45) is -6.41. The quantitative estimate of drug-likeness (QED) is 0.723. The summed E-state index contributed by atoms with van der Waals surface area (Å²) < 4.78 is 44.3. The summed E-state index contributed by atoms with van der Waals surface area (Å²) in [6, 6.07) is 3.46. The van der Waals surface area contributed by atoms with Crippen LogP contribution in [-0.4, -0.2) is 32.3 Å². The molecule has 2 aromatic rings. The number of nitrogens with zero attached hydrogens (tertiary/aromatic N) is 2. The Balaban J connectivity index is 2.59. The molecule has 0 amide bonds. The average molecular weight is 435 g/mol. The zero-order valence-corrected chi connectivity index (χ0v) is 15.7. The van der Waals surface area contributed by atoms with E-state index in [0.29, 0.717) is 4.57 Å². The Morgan fingerprint density at radius 1 is 1.24 bits per heavy atom. The van der Waals surface area contributed by atoms with Gasteiger partial charge >= 0.3 is 23.8 Å². The summed E-state index contributed by atoms with van der Waals surface area (Å²) in [4.78, 5) is 47.8. The van der Waals surface area contributed by atoms with Gasteiger partial charge in [0.05, 0.1) is 16.3 Å². The molecule has 156 valence electrons. The molecule has 29 heavy (non-hydrogen) atoms. The predicted octanol–water partition coefficient (Wildman–Crippen LogP) is 2.23. The summed E-state index contributed by atoms with van der Waals surface area (Å²) in [7, 11) is 0.838. The fraction of sp³-hybridized carbons (Fsp3) is 0.294. The van der Waals surface area contributed by atoms with E-state index in [1.54, 1.807) is 0 Å². The lowest BCUT2D eigenvalue weighted by atomic mass is 10.2. The fourth-order valence-electron chi connectivity index (χ4n) is 2.45. The number of hydrogen-bond acceptors (Lipinski definition) is 5. The molecular formula is C17H14ClF3N2O6. The molecule has 1 aromatic carbocycles. The Morgan fingerprint density at radius 3 is 2.38 bits per heavy atom. The summed E-state index contributed by atoms with van der Waals surface area (Å²) in [5.41, 5.74) is -4.63. The van der Waals surface area contributed by atoms with Crippen molar-refractivity contribution in [1.82, 2.24) is 9.13 Å². The predicted molar refractivity (Wildman–Crippen MR) is 94.4 cm³/mol. The van der Waals surface area contributed by atoms with Crippen LogP contribution in [0.4, 0.5) is 13.2 Å². The van der Waals surface area contributed by atoms with Gasteiger partial charge in [0, 0.05) is 13.1 Å². The third-order valence-corrected chi connectivity index (χ3v) is 4.26. The number of ether oxygens (including phenoxy) is 1. The van der Waals surface area contributed by atoms with Crippen molar-refractivity contribution in [3.05, 3.63) is 61.4 Å². The third-order valence-electron chi connectivity index (χ3n) is 3.93. The Bertz CT molecular complexity index is 1090. The van der Waals surface area contributed by atoms with E-state index in [1.807, 2.05) is 0 Å². The first kappa shape index (κ1) is 22.2. The van der Waals surface area contributed by atoms with Gasteiger partial charge in [-0.25, -0.2) is 19.0 Å². The minimum atomic E-state index is -4.92. The highest BCUT2D eigenvalue weighted by atomic mass is 35.5. The second-order valence-corrected chi connectivity index (χ2v) is 6.25. The van der Waals surface area contributed by atoms with E-state index >= 15 is 0 Å². The van der Waals surface area contributed by atoms with E-state index in [-0.39, 0.29) is 33.3 Å². The number of carbonyl (C=O) groups excluding carboxylic acids is 1. The van der Waals surface area contributed by atoms with Crippen molar-refractivity contribution >= 4 is 23.5 Å². The largest absolute Gasteiger partial charge is 0.479 e. The number of rotatable bonds is 5. The molecule has 0 radical (unpaired) electrons. The van der Waals surface area contributed by atoms with Crippen molar-refractivity contribution in [2.24, 2.45) is 7.05 Å². The number of alkyl halides is 3. The van der Waals surface area contributed by atoms with Crippen molar-refractivity contribution < 1.29 is 32.6 Å². The number of aromatic nitrogens is 2. The van der Waals surface area contributed by atoms with E-state index in [1.165, 1.54) is 6.92 Å². The molecule has 1 aromatic heterocycles. The minimum Gasteiger partial charge on any atom is -0.479 e. The zero-order valence-electron chi connectivity index (χ0n) is 15.0. The SMILES string of the molecule is CC[C@H](OC(=O)c1cc(-n2c(=O)cc(C(F)(F)F)n(C)c2=O)ccc1Cl)C(=O)O. The van der Waals surface area contributed by atoms with Gasteiger partial charge in [0.2, 0.25) is 0 Å². The first-order valence-corrected chi connectivity index (χ1v) is 8.40. The molecule has 1 heterocycles. The van der Waals surface area contributed by atoms with Crippen LogP contribution in [0.25, 0.3) is 5.69 Å². The van der Waals surface area contributed by atoms with E-state index in [4.69, 9.17) is 21.4 Å².